The molecule has 0 fully saturated rings. The second kappa shape index (κ2) is 6.37. The van der Waals surface area contributed by atoms with Crippen LogP contribution in [0.25, 0.3) is 11.3 Å². The van der Waals surface area contributed by atoms with E-state index in [0.717, 1.165) is 23.4 Å². The molecule has 2 aromatic carbocycles. The van der Waals surface area contributed by atoms with Gasteiger partial charge in [0.15, 0.2) is 0 Å². The van der Waals surface area contributed by atoms with Crippen LogP contribution in [0.5, 0.6) is 0 Å². The summed E-state index contributed by atoms with van der Waals surface area (Å²) in [6.45, 7) is 0.602. The average Bonchev–Trinajstić information content (AvgIpc) is 2.92. The van der Waals surface area contributed by atoms with E-state index >= 15 is 0 Å². The fourth-order valence-corrected chi connectivity index (χ4v) is 2.47. The third-order valence-corrected chi connectivity index (χ3v) is 3.44. The Bertz CT molecular complexity index is 690. The van der Waals surface area contributed by atoms with Crippen LogP contribution >= 0.6 is 0 Å². The van der Waals surface area contributed by atoms with Gasteiger partial charge < -0.3 is 5.11 Å². The van der Waals surface area contributed by atoms with Gasteiger partial charge in [0, 0.05) is 6.42 Å². The number of hydrogen-bond acceptors (Lipinski definition) is 2. The molecular formula is C18H18N2O. The SMILES string of the molecule is OCCn1nc(Cc2ccccc2)cc1-c1ccccc1. The van der Waals surface area contributed by atoms with E-state index in [-0.39, 0.29) is 6.61 Å². The van der Waals surface area contributed by atoms with Crippen LogP contribution in [0.1, 0.15) is 11.3 Å². The zero-order valence-electron chi connectivity index (χ0n) is 11.8. The predicted molar refractivity (Wildman–Crippen MR) is 84.0 cm³/mol. The summed E-state index contributed by atoms with van der Waals surface area (Å²) < 4.78 is 1.88. The molecule has 0 spiro atoms. The van der Waals surface area contributed by atoms with Gasteiger partial charge >= 0.3 is 0 Å². The van der Waals surface area contributed by atoms with Gasteiger partial charge in [0.1, 0.15) is 0 Å². The molecule has 0 saturated carbocycles. The molecule has 106 valence electrons. The van der Waals surface area contributed by atoms with Crippen molar-refractivity contribution in [2.24, 2.45) is 0 Å². The van der Waals surface area contributed by atoms with E-state index in [1.165, 1.54) is 5.56 Å². The predicted octanol–water partition coefficient (Wildman–Crippen LogP) is 3.13. The molecule has 0 aliphatic rings. The van der Waals surface area contributed by atoms with E-state index in [9.17, 15) is 5.11 Å². The Morgan fingerprint density at radius 2 is 1.57 bits per heavy atom. The summed E-state index contributed by atoms with van der Waals surface area (Å²) in [5.74, 6) is 0. The molecule has 0 atom stereocenters. The molecule has 0 bridgehead atoms. The van der Waals surface area contributed by atoms with Gasteiger partial charge in [-0.25, -0.2) is 0 Å². The lowest BCUT2D eigenvalue weighted by molar-refractivity contribution is 0.270. The van der Waals surface area contributed by atoms with Gasteiger partial charge in [0.2, 0.25) is 0 Å². The van der Waals surface area contributed by atoms with Gasteiger partial charge in [-0.3, -0.25) is 4.68 Å². The van der Waals surface area contributed by atoms with Crippen LogP contribution in [0.4, 0.5) is 0 Å². The normalized spacial score (nSPS) is 10.7. The van der Waals surface area contributed by atoms with Crippen molar-refractivity contribution in [3.05, 3.63) is 78.0 Å². The smallest absolute Gasteiger partial charge is 0.0686 e. The van der Waals surface area contributed by atoms with Crippen LogP contribution in [0, 0.1) is 0 Å². The molecule has 0 unspecified atom stereocenters. The summed E-state index contributed by atoms with van der Waals surface area (Å²) in [6, 6.07) is 22.6. The van der Waals surface area contributed by atoms with Crippen LogP contribution in [-0.4, -0.2) is 21.5 Å². The largest absolute Gasteiger partial charge is 0.394 e. The van der Waals surface area contributed by atoms with Crippen molar-refractivity contribution in [1.82, 2.24) is 9.78 Å². The topological polar surface area (TPSA) is 38.0 Å². The number of benzene rings is 2. The first-order valence-corrected chi connectivity index (χ1v) is 7.14. The van der Waals surface area contributed by atoms with Crippen molar-refractivity contribution >= 4 is 0 Å². The molecule has 3 rings (SSSR count). The summed E-state index contributed by atoms with van der Waals surface area (Å²) in [7, 11) is 0. The van der Waals surface area contributed by atoms with Gasteiger partial charge in [0.05, 0.1) is 24.5 Å². The van der Waals surface area contributed by atoms with E-state index in [0.29, 0.717) is 6.54 Å². The number of hydrogen-bond donors (Lipinski definition) is 1. The first-order valence-electron chi connectivity index (χ1n) is 7.14. The Morgan fingerprint density at radius 3 is 2.24 bits per heavy atom. The number of rotatable bonds is 5. The molecular weight excluding hydrogens is 260 g/mol. The number of aliphatic hydroxyl groups is 1. The molecule has 1 N–H and O–H groups in total. The minimum Gasteiger partial charge on any atom is -0.394 e. The van der Waals surface area contributed by atoms with Crippen LogP contribution in [-0.2, 0) is 13.0 Å². The summed E-state index contributed by atoms with van der Waals surface area (Å²) in [5, 5.41) is 13.9. The fraction of sp³-hybridized carbons (Fsp3) is 0.167. The van der Waals surface area contributed by atoms with Crippen LogP contribution in [0.2, 0.25) is 0 Å². The van der Waals surface area contributed by atoms with E-state index in [1.54, 1.807) is 0 Å². The molecule has 0 amide bonds. The van der Waals surface area contributed by atoms with Crippen molar-refractivity contribution in [1.29, 1.82) is 0 Å². The Balaban J connectivity index is 1.93. The lowest BCUT2D eigenvalue weighted by Crippen LogP contribution is -2.06. The second-order valence-electron chi connectivity index (χ2n) is 5.00. The van der Waals surface area contributed by atoms with Crippen molar-refractivity contribution in [3.63, 3.8) is 0 Å². The number of aromatic nitrogens is 2. The second-order valence-corrected chi connectivity index (χ2v) is 5.00. The highest BCUT2D eigenvalue weighted by Crippen LogP contribution is 2.21. The molecule has 0 aliphatic heterocycles. The van der Waals surface area contributed by atoms with Crippen molar-refractivity contribution < 1.29 is 5.11 Å². The van der Waals surface area contributed by atoms with Gasteiger partial charge in [-0.05, 0) is 17.2 Å². The molecule has 1 aromatic heterocycles. The first-order chi connectivity index (χ1) is 10.4. The first kappa shape index (κ1) is 13.6. The highest BCUT2D eigenvalue weighted by atomic mass is 16.3. The van der Waals surface area contributed by atoms with Crippen LogP contribution in [0.15, 0.2) is 66.7 Å². The average molecular weight is 278 g/mol. The summed E-state index contributed by atoms with van der Waals surface area (Å²) >= 11 is 0. The summed E-state index contributed by atoms with van der Waals surface area (Å²) in [5.41, 5.74) is 4.44. The Labute approximate surface area is 124 Å². The monoisotopic (exact) mass is 278 g/mol. The maximum absolute atomic E-state index is 9.23. The molecule has 0 aliphatic carbocycles. The molecule has 0 radical (unpaired) electrons. The minimum absolute atomic E-state index is 0.0896. The van der Waals surface area contributed by atoms with E-state index < -0.39 is 0 Å². The van der Waals surface area contributed by atoms with E-state index in [1.807, 2.05) is 41.1 Å². The molecule has 3 nitrogen and oxygen atoms in total. The lowest BCUT2D eigenvalue weighted by Gasteiger charge is -2.05. The quantitative estimate of drug-likeness (QED) is 0.778. The molecule has 3 heteroatoms. The molecule has 3 aromatic rings. The molecule has 21 heavy (non-hydrogen) atoms. The van der Waals surface area contributed by atoms with Gasteiger partial charge in [-0.15, -0.1) is 0 Å². The Morgan fingerprint density at radius 1 is 0.905 bits per heavy atom. The summed E-state index contributed by atoms with van der Waals surface area (Å²) in [6.07, 6.45) is 0.805. The maximum Gasteiger partial charge on any atom is 0.0686 e. The van der Waals surface area contributed by atoms with Crippen LogP contribution in [0.3, 0.4) is 0 Å². The van der Waals surface area contributed by atoms with Gasteiger partial charge in [-0.2, -0.15) is 5.10 Å². The highest BCUT2D eigenvalue weighted by Gasteiger charge is 2.09. The zero-order chi connectivity index (χ0) is 14.5. The highest BCUT2D eigenvalue weighted by molar-refractivity contribution is 5.60. The van der Waals surface area contributed by atoms with Gasteiger partial charge in [-0.1, -0.05) is 60.7 Å². The zero-order valence-corrected chi connectivity index (χ0v) is 11.8. The maximum atomic E-state index is 9.23. The fourth-order valence-electron chi connectivity index (χ4n) is 2.47. The van der Waals surface area contributed by atoms with Gasteiger partial charge in [0.25, 0.3) is 0 Å². The molecule has 0 saturated heterocycles. The number of aliphatic hydroxyl groups excluding tert-OH is 1. The minimum atomic E-state index is 0.0896. The standard InChI is InChI=1S/C18H18N2O/c21-12-11-20-18(16-9-5-2-6-10-16)14-17(19-20)13-15-7-3-1-4-8-15/h1-10,14,21H,11-13H2. The van der Waals surface area contributed by atoms with Crippen molar-refractivity contribution in [3.8, 4) is 11.3 Å². The third-order valence-electron chi connectivity index (χ3n) is 3.44. The Kier molecular flexibility index (Phi) is 4.12. The Hall–Kier alpha value is -2.39. The lowest BCUT2D eigenvalue weighted by atomic mass is 10.1. The van der Waals surface area contributed by atoms with Crippen LogP contribution < -0.4 is 0 Å². The summed E-state index contributed by atoms with van der Waals surface area (Å²) in [4.78, 5) is 0. The molecule has 1 heterocycles. The number of nitrogens with zero attached hydrogens (tertiary/aromatic N) is 2. The van der Waals surface area contributed by atoms with Crippen molar-refractivity contribution in [2.45, 2.75) is 13.0 Å². The van der Waals surface area contributed by atoms with E-state index in [2.05, 4.69) is 35.4 Å². The van der Waals surface area contributed by atoms with Crippen molar-refractivity contribution in [2.75, 3.05) is 6.61 Å². The van der Waals surface area contributed by atoms with E-state index in [4.69, 9.17) is 0 Å². The third kappa shape index (κ3) is 3.20.